The lowest BCUT2D eigenvalue weighted by atomic mass is 10.1. The monoisotopic (exact) mass is 262 g/mol. The Morgan fingerprint density at radius 3 is 2.42 bits per heavy atom. The highest BCUT2D eigenvalue weighted by Gasteiger charge is 2.18. The van der Waals surface area contributed by atoms with Crippen LogP contribution in [0.15, 0.2) is 24.3 Å². The molecule has 0 heterocycles. The molecule has 0 aliphatic rings. The summed E-state index contributed by atoms with van der Waals surface area (Å²) in [7, 11) is 0. The van der Waals surface area contributed by atoms with Crippen molar-refractivity contribution in [3.05, 3.63) is 29.8 Å². The SMILES string of the molecule is CCC(CC)N(CC(N)=O)c1cccc(C(=N)N)c1. The van der Waals surface area contributed by atoms with Gasteiger partial charge in [0.15, 0.2) is 0 Å². The van der Waals surface area contributed by atoms with E-state index in [1.165, 1.54) is 0 Å². The van der Waals surface area contributed by atoms with Gasteiger partial charge < -0.3 is 16.4 Å². The minimum Gasteiger partial charge on any atom is -0.384 e. The largest absolute Gasteiger partial charge is 0.384 e. The van der Waals surface area contributed by atoms with Crippen LogP contribution in [0.25, 0.3) is 0 Å². The van der Waals surface area contributed by atoms with E-state index < -0.39 is 0 Å². The maximum atomic E-state index is 11.3. The molecule has 5 nitrogen and oxygen atoms in total. The minimum atomic E-state index is -0.361. The molecule has 1 amide bonds. The van der Waals surface area contributed by atoms with Crippen molar-refractivity contribution in [3.63, 3.8) is 0 Å². The summed E-state index contributed by atoms with van der Waals surface area (Å²) in [5.74, 6) is -0.342. The summed E-state index contributed by atoms with van der Waals surface area (Å²) in [6, 6.07) is 7.59. The number of nitrogens with two attached hydrogens (primary N) is 2. The second kappa shape index (κ2) is 6.78. The summed E-state index contributed by atoms with van der Waals surface area (Å²) in [5, 5.41) is 7.48. The van der Waals surface area contributed by atoms with Gasteiger partial charge in [-0.3, -0.25) is 10.2 Å². The summed E-state index contributed by atoms with van der Waals surface area (Å²) < 4.78 is 0. The van der Waals surface area contributed by atoms with E-state index in [9.17, 15) is 4.79 Å². The molecule has 1 rings (SSSR count). The number of rotatable bonds is 7. The van der Waals surface area contributed by atoms with Crippen molar-refractivity contribution >= 4 is 17.4 Å². The lowest BCUT2D eigenvalue weighted by molar-refractivity contribution is -0.116. The Morgan fingerprint density at radius 1 is 1.32 bits per heavy atom. The van der Waals surface area contributed by atoms with Gasteiger partial charge >= 0.3 is 0 Å². The second-order valence-corrected chi connectivity index (χ2v) is 4.53. The summed E-state index contributed by atoms with van der Waals surface area (Å²) >= 11 is 0. The fourth-order valence-corrected chi connectivity index (χ4v) is 2.18. The predicted molar refractivity (Wildman–Crippen MR) is 78.4 cm³/mol. The van der Waals surface area contributed by atoms with Crippen molar-refractivity contribution < 1.29 is 4.79 Å². The van der Waals surface area contributed by atoms with Crippen molar-refractivity contribution in [2.45, 2.75) is 32.7 Å². The zero-order valence-corrected chi connectivity index (χ0v) is 11.5. The van der Waals surface area contributed by atoms with Gasteiger partial charge in [0.2, 0.25) is 5.91 Å². The molecule has 0 aromatic heterocycles. The number of hydrogen-bond acceptors (Lipinski definition) is 3. The number of nitrogens with one attached hydrogen (secondary N) is 1. The number of benzene rings is 1. The molecule has 0 saturated heterocycles. The minimum absolute atomic E-state index is 0.0189. The first-order chi connectivity index (χ1) is 8.99. The van der Waals surface area contributed by atoms with E-state index in [0.29, 0.717) is 5.56 Å². The lowest BCUT2D eigenvalue weighted by Crippen LogP contribution is -2.41. The number of carbonyl (C=O) groups excluding carboxylic acids is 1. The van der Waals surface area contributed by atoms with Gasteiger partial charge in [0.1, 0.15) is 5.84 Å². The molecule has 104 valence electrons. The van der Waals surface area contributed by atoms with E-state index >= 15 is 0 Å². The fraction of sp³-hybridized carbons (Fsp3) is 0.429. The first kappa shape index (κ1) is 15.0. The smallest absolute Gasteiger partial charge is 0.236 e. The average molecular weight is 262 g/mol. The Balaban J connectivity index is 3.12. The number of nitrogen functional groups attached to an aromatic ring is 1. The van der Waals surface area contributed by atoms with Crippen LogP contribution in [-0.2, 0) is 4.79 Å². The Labute approximate surface area is 114 Å². The third kappa shape index (κ3) is 3.98. The molecule has 5 N–H and O–H groups in total. The summed E-state index contributed by atoms with van der Waals surface area (Å²) in [5.41, 5.74) is 12.4. The van der Waals surface area contributed by atoms with E-state index in [1.807, 2.05) is 23.1 Å². The standard InChI is InChI=1S/C14H22N4O/c1-3-11(4-2)18(9-13(15)19)12-7-5-6-10(8-12)14(16)17/h5-8,11H,3-4,9H2,1-2H3,(H2,15,19)(H3,16,17). The number of carbonyl (C=O) groups is 1. The zero-order chi connectivity index (χ0) is 14.4. The Morgan fingerprint density at radius 2 is 1.95 bits per heavy atom. The summed E-state index contributed by atoms with van der Waals surface area (Å²) in [6.07, 6.45) is 1.85. The zero-order valence-electron chi connectivity index (χ0n) is 11.5. The fourth-order valence-electron chi connectivity index (χ4n) is 2.18. The molecule has 0 aliphatic heterocycles. The van der Waals surface area contributed by atoms with E-state index in [-0.39, 0.29) is 24.3 Å². The van der Waals surface area contributed by atoms with Crippen LogP contribution in [0.1, 0.15) is 32.3 Å². The van der Waals surface area contributed by atoms with Crippen LogP contribution < -0.4 is 16.4 Å². The summed E-state index contributed by atoms with van der Waals surface area (Å²) in [6.45, 7) is 4.33. The van der Waals surface area contributed by atoms with E-state index in [2.05, 4.69) is 13.8 Å². The Hall–Kier alpha value is -2.04. The van der Waals surface area contributed by atoms with Crippen LogP contribution in [0.5, 0.6) is 0 Å². The average Bonchev–Trinajstić information content (AvgIpc) is 2.38. The van der Waals surface area contributed by atoms with Crippen LogP contribution in [0.3, 0.4) is 0 Å². The molecule has 0 aliphatic carbocycles. The number of hydrogen-bond donors (Lipinski definition) is 3. The number of nitrogens with zero attached hydrogens (tertiary/aromatic N) is 1. The lowest BCUT2D eigenvalue weighted by Gasteiger charge is -2.31. The molecule has 1 aromatic carbocycles. The highest BCUT2D eigenvalue weighted by atomic mass is 16.1. The van der Waals surface area contributed by atoms with Gasteiger partial charge in [-0.05, 0) is 25.0 Å². The number of anilines is 1. The molecular weight excluding hydrogens is 240 g/mol. The first-order valence-electron chi connectivity index (χ1n) is 6.49. The van der Waals surface area contributed by atoms with Crippen molar-refractivity contribution in [2.24, 2.45) is 11.5 Å². The predicted octanol–water partition coefficient (Wildman–Crippen LogP) is 1.45. The molecule has 0 unspecified atom stereocenters. The third-order valence-electron chi connectivity index (χ3n) is 3.20. The number of amides is 1. The molecule has 0 bridgehead atoms. The molecule has 0 radical (unpaired) electrons. The highest BCUT2D eigenvalue weighted by molar-refractivity contribution is 5.96. The Kier molecular flexibility index (Phi) is 5.36. The maximum Gasteiger partial charge on any atom is 0.236 e. The molecule has 19 heavy (non-hydrogen) atoms. The van der Waals surface area contributed by atoms with Gasteiger partial charge in [0.25, 0.3) is 0 Å². The van der Waals surface area contributed by atoms with Gasteiger partial charge in [-0.1, -0.05) is 26.0 Å². The van der Waals surface area contributed by atoms with E-state index in [4.69, 9.17) is 16.9 Å². The van der Waals surface area contributed by atoms with Crippen LogP contribution in [0.4, 0.5) is 5.69 Å². The maximum absolute atomic E-state index is 11.3. The van der Waals surface area contributed by atoms with Crippen LogP contribution in [0.2, 0.25) is 0 Å². The number of primary amides is 1. The molecule has 0 fully saturated rings. The van der Waals surface area contributed by atoms with Gasteiger partial charge in [-0.25, -0.2) is 0 Å². The molecule has 0 saturated carbocycles. The molecule has 0 atom stereocenters. The van der Waals surface area contributed by atoms with E-state index in [1.54, 1.807) is 6.07 Å². The number of amidine groups is 1. The van der Waals surface area contributed by atoms with Crippen LogP contribution in [0, 0.1) is 5.41 Å². The first-order valence-corrected chi connectivity index (χ1v) is 6.49. The van der Waals surface area contributed by atoms with Crippen LogP contribution in [-0.4, -0.2) is 24.3 Å². The van der Waals surface area contributed by atoms with Gasteiger partial charge in [-0.2, -0.15) is 0 Å². The van der Waals surface area contributed by atoms with Crippen molar-refractivity contribution in [1.29, 1.82) is 5.41 Å². The third-order valence-corrected chi connectivity index (χ3v) is 3.20. The molecule has 0 spiro atoms. The van der Waals surface area contributed by atoms with Crippen molar-refractivity contribution in [3.8, 4) is 0 Å². The van der Waals surface area contributed by atoms with E-state index in [0.717, 1.165) is 18.5 Å². The second-order valence-electron chi connectivity index (χ2n) is 4.53. The Bertz CT molecular complexity index is 455. The topological polar surface area (TPSA) is 96.2 Å². The quantitative estimate of drug-likeness (QED) is 0.512. The van der Waals surface area contributed by atoms with Gasteiger partial charge in [0, 0.05) is 17.3 Å². The van der Waals surface area contributed by atoms with Crippen LogP contribution >= 0.6 is 0 Å². The van der Waals surface area contributed by atoms with Gasteiger partial charge in [0.05, 0.1) is 6.54 Å². The van der Waals surface area contributed by atoms with Crippen molar-refractivity contribution in [2.75, 3.05) is 11.4 Å². The molecule has 1 aromatic rings. The van der Waals surface area contributed by atoms with Crippen molar-refractivity contribution in [1.82, 2.24) is 0 Å². The molecular formula is C14H22N4O. The molecule has 5 heteroatoms. The van der Waals surface area contributed by atoms with Gasteiger partial charge in [-0.15, -0.1) is 0 Å². The summed E-state index contributed by atoms with van der Waals surface area (Å²) in [4.78, 5) is 13.2. The highest BCUT2D eigenvalue weighted by Crippen LogP contribution is 2.21. The normalized spacial score (nSPS) is 10.5.